The SMILES string of the molecule is COc1cc(-c2nn3c(c2C(N)=O)NCCC3C2CCN(C=O)CC2)cc(Cl)c1C. The molecule has 2 aliphatic heterocycles. The van der Waals surface area contributed by atoms with Crippen LogP contribution in [0.3, 0.4) is 0 Å². The zero-order valence-corrected chi connectivity index (χ0v) is 17.9. The number of methoxy groups -OCH3 is 1. The summed E-state index contributed by atoms with van der Waals surface area (Å²) in [7, 11) is 1.58. The van der Waals surface area contributed by atoms with Crippen molar-refractivity contribution in [3.05, 3.63) is 28.3 Å². The van der Waals surface area contributed by atoms with Crippen molar-refractivity contribution in [3.63, 3.8) is 0 Å². The van der Waals surface area contributed by atoms with Gasteiger partial charge in [0.1, 0.15) is 22.8 Å². The average Bonchev–Trinajstić information content (AvgIpc) is 3.15. The van der Waals surface area contributed by atoms with Crippen LogP contribution in [0, 0.1) is 12.8 Å². The standard InChI is InChI=1S/C21H26ClN5O3/c1-12-15(22)9-14(10-17(12)30-2)19-18(20(23)29)21-24-6-3-16(27(21)25-19)13-4-7-26(11-28)8-5-13/h9-11,13,16,24H,3-8H2,1-2H3,(H2,23,29). The van der Waals surface area contributed by atoms with E-state index in [1.54, 1.807) is 13.2 Å². The summed E-state index contributed by atoms with van der Waals surface area (Å²) >= 11 is 6.40. The van der Waals surface area contributed by atoms with Gasteiger partial charge < -0.3 is 20.7 Å². The first-order valence-corrected chi connectivity index (χ1v) is 10.5. The number of hydrogen-bond acceptors (Lipinski definition) is 5. The number of halogens is 1. The minimum absolute atomic E-state index is 0.143. The van der Waals surface area contributed by atoms with Crippen LogP contribution in [0.1, 0.15) is 41.2 Å². The van der Waals surface area contributed by atoms with Gasteiger partial charge in [-0.3, -0.25) is 9.59 Å². The molecule has 1 saturated heterocycles. The van der Waals surface area contributed by atoms with E-state index < -0.39 is 5.91 Å². The van der Waals surface area contributed by atoms with E-state index >= 15 is 0 Å². The topological polar surface area (TPSA) is 102 Å². The number of piperidine rings is 1. The molecule has 0 radical (unpaired) electrons. The maximum Gasteiger partial charge on any atom is 0.254 e. The Kier molecular flexibility index (Phi) is 5.60. The molecule has 9 heteroatoms. The number of anilines is 1. The predicted octanol–water partition coefficient (Wildman–Crippen LogP) is 2.84. The number of fused-ring (bicyclic) bond motifs is 1. The Labute approximate surface area is 180 Å². The van der Waals surface area contributed by atoms with E-state index in [0.29, 0.717) is 39.3 Å². The van der Waals surface area contributed by atoms with Crippen LogP contribution in [0.5, 0.6) is 5.75 Å². The second-order valence-corrected chi connectivity index (χ2v) is 8.34. The maximum atomic E-state index is 12.4. The highest BCUT2D eigenvalue weighted by Gasteiger charge is 2.35. The largest absolute Gasteiger partial charge is 0.496 e. The molecule has 1 unspecified atom stereocenters. The third-order valence-electron chi connectivity index (χ3n) is 6.26. The quantitative estimate of drug-likeness (QED) is 0.708. The molecule has 0 aliphatic carbocycles. The number of rotatable bonds is 5. The summed E-state index contributed by atoms with van der Waals surface area (Å²) in [6, 6.07) is 3.77. The minimum Gasteiger partial charge on any atom is -0.496 e. The molecule has 0 spiro atoms. The van der Waals surface area contributed by atoms with Crippen LogP contribution in [0.2, 0.25) is 5.02 Å². The molecule has 3 heterocycles. The van der Waals surface area contributed by atoms with E-state index in [4.69, 9.17) is 27.2 Å². The van der Waals surface area contributed by atoms with Gasteiger partial charge in [-0.2, -0.15) is 5.10 Å². The number of likely N-dealkylation sites (tertiary alicyclic amines) is 1. The lowest BCUT2D eigenvalue weighted by atomic mass is 9.87. The van der Waals surface area contributed by atoms with Gasteiger partial charge >= 0.3 is 0 Å². The molecule has 0 bridgehead atoms. The highest BCUT2D eigenvalue weighted by atomic mass is 35.5. The number of hydrogen-bond donors (Lipinski definition) is 2. The highest BCUT2D eigenvalue weighted by Crippen LogP contribution is 2.41. The Bertz CT molecular complexity index is 982. The Morgan fingerprint density at radius 1 is 1.33 bits per heavy atom. The fraction of sp³-hybridized carbons (Fsp3) is 0.476. The summed E-state index contributed by atoms with van der Waals surface area (Å²) in [5.41, 5.74) is 8.16. The van der Waals surface area contributed by atoms with Crippen LogP contribution in [-0.4, -0.2) is 53.7 Å². The lowest BCUT2D eigenvalue weighted by Gasteiger charge is -2.37. The first-order valence-electron chi connectivity index (χ1n) is 10.1. The van der Waals surface area contributed by atoms with Crippen LogP contribution < -0.4 is 15.8 Å². The van der Waals surface area contributed by atoms with Crippen molar-refractivity contribution in [1.82, 2.24) is 14.7 Å². The number of nitrogens with zero attached hydrogens (tertiary/aromatic N) is 3. The van der Waals surface area contributed by atoms with Crippen molar-refractivity contribution in [2.24, 2.45) is 11.7 Å². The molecule has 30 heavy (non-hydrogen) atoms. The number of ether oxygens (including phenoxy) is 1. The number of primary amides is 1. The molecule has 1 aromatic heterocycles. The van der Waals surface area contributed by atoms with Crippen LogP contribution in [0.15, 0.2) is 12.1 Å². The molecule has 2 aliphatic rings. The maximum absolute atomic E-state index is 12.4. The molecular formula is C21H26ClN5O3. The lowest BCUT2D eigenvalue weighted by molar-refractivity contribution is -0.119. The van der Waals surface area contributed by atoms with Gasteiger partial charge in [0.2, 0.25) is 6.41 Å². The summed E-state index contributed by atoms with van der Waals surface area (Å²) < 4.78 is 7.36. The highest BCUT2D eigenvalue weighted by molar-refractivity contribution is 6.31. The van der Waals surface area contributed by atoms with Gasteiger partial charge in [0.15, 0.2) is 0 Å². The Morgan fingerprint density at radius 2 is 2.07 bits per heavy atom. The molecule has 1 atom stereocenters. The lowest BCUT2D eigenvalue weighted by Crippen LogP contribution is -2.38. The normalized spacial score (nSPS) is 19.2. The van der Waals surface area contributed by atoms with Crippen LogP contribution in [-0.2, 0) is 4.79 Å². The van der Waals surface area contributed by atoms with E-state index in [2.05, 4.69) is 5.32 Å². The summed E-state index contributed by atoms with van der Waals surface area (Å²) in [4.78, 5) is 25.3. The molecule has 4 rings (SSSR count). The van der Waals surface area contributed by atoms with Crippen LogP contribution in [0.4, 0.5) is 5.82 Å². The van der Waals surface area contributed by atoms with Crippen molar-refractivity contribution in [1.29, 1.82) is 0 Å². The van der Waals surface area contributed by atoms with Crippen molar-refractivity contribution < 1.29 is 14.3 Å². The van der Waals surface area contributed by atoms with E-state index in [1.807, 2.05) is 22.6 Å². The second kappa shape index (κ2) is 8.18. The predicted molar refractivity (Wildman–Crippen MR) is 115 cm³/mol. The molecule has 2 aromatic rings. The van der Waals surface area contributed by atoms with Gasteiger partial charge in [0.05, 0.1) is 13.2 Å². The Balaban J connectivity index is 1.78. The summed E-state index contributed by atoms with van der Waals surface area (Å²) in [6.07, 6.45) is 3.63. The van der Waals surface area contributed by atoms with Gasteiger partial charge in [-0.15, -0.1) is 0 Å². The van der Waals surface area contributed by atoms with E-state index in [9.17, 15) is 9.59 Å². The average molecular weight is 432 g/mol. The van der Waals surface area contributed by atoms with Crippen molar-refractivity contribution in [2.45, 2.75) is 32.2 Å². The first kappa shape index (κ1) is 20.5. The number of benzene rings is 1. The van der Waals surface area contributed by atoms with Crippen molar-refractivity contribution in [3.8, 4) is 17.0 Å². The number of carbonyl (C=O) groups is 2. The number of nitrogens with two attached hydrogens (primary N) is 1. The Hall–Kier alpha value is -2.74. The fourth-order valence-corrected chi connectivity index (χ4v) is 4.80. The van der Waals surface area contributed by atoms with E-state index in [0.717, 1.165) is 50.9 Å². The van der Waals surface area contributed by atoms with Gasteiger partial charge in [-0.05, 0) is 44.2 Å². The zero-order chi connectivity index (χ0) is 21.4. The molecule has 2 amide bonds. The van der Waals surface area contributed by atoms with Gasteiger partial charge in [0.25, 0.3) is 5.91 Å². The van der Waals surface area contributed by atoms with E-state index in [-0.39, 0.29) is 6.04 Å². The monoisotopic (exact) mass is 431 g/mol. The van der Waals surface area contributed by atoms with Gasteiger partial charge in [0, 0.05) is 35.8 Å². The van der Waals surface area contributed by atoms with Crippen LogP contribution in [0.25, 0.3) is 11.3 Å². The number of amides is 2. The third-order valence-corrected chi connectivity index (χ3v) is 6.65. The molecule has 0 saturated carbocycles. The summed E-state index contributed by atoms with van der Waals surface area (Å²) in [5, 5.41) is 8.69. The van der Waals surface area contributed by atoms with E-state index in [1.165, 1.54) is 0 Å². The summed E-state index contributed by atoms with van der Waals surface area (Å²) in [6.45, 7) is 4.10. The summed E-state index contributed by atoms with van der Waals surface area (Å²) in [5.74, 6) is 1.13. The number of aromatic nitrogens is 2. The number of carbonyl (C=O) groups excluding carboxylic acids is 2. The van der Waals surface area contributed by atoms with Crippen LogP contribution >= 0.6 is 11.6 Å². The zero-order valence-electron chi connectivity index (χ0n) is 17.2. The smallest absolute Gasteiger partial charge is 0.254 e. The molecule has 1 fully saturated rings. The first-order chi connectivity index (χ1) is 14.4. The fourth-order valence-electron chi connectivity index (χ4n) is 4.59. The van der Waals surface area contributed by atoms with Crippen molar-refractivity contribution >= 4 is 29.7 Å². The molecule has 3 N–H and O–H groups in total. The van der Waals surface area contributed by atoms with Gasteiger partial charge in [-0.25, -0.2) is 4.68 Å². The molecule has 8 nitrogen and oxygen atoms in total. The molecule has 160 valence electrons. The molecular weight excluding hydrogens is 406 g/mol. The second-order valence-electron chi connectivity index (χ2n) is 7.93. The van der Waals surface area contributed by atoms with Crippen molar-refractivity contribution in [2.75, 3.05) is 32.1 Å². The minimum atomic E-state index is -0.536. The molecule has 1 aromatic carbocycles. The number of nitrogens with one attached hydrogen (secondary N) is 1. The van der Waals surface area contributed by atoms with Gasteiger partial charge in [-0.1, -0.05) is 11.6 Å². The third kappa shape index (κ3) is 3.49. The Morgan fingerprint density at radius 3 is 2.70 bits per heavy atom.